The maximum atomic E-state index is 15.5. The van der Waals surface area contributed by atoms with Crippen molar-refractivity contribution in [1.29, 1.82) is 0 Å². The lowest BCUT2D eigenvalue weighted by Crippen LogP contribution is -2.30. The van der Waals surface area contributed by atoms with Crippen LogP contribution in [0.3, 0.4) is 0 Å². The molecule has 14 heteroatoms. The maximum absolute atomic E-state index is 15.5. The van der Waals surface area contributed by atoms with Gasteiger partial charge in [-0.15, -0.1) is 0 Å². The van der Waals surface area contributed by atoms with E-state index in [2.05, 4.69) is 6.92 Å². The third kappa shape index (κ3) is 14.2. The van der Waals surface area contributed by atoms with Crippen molar-refractivity contribution in [3.8, 4) is 45.8 Å². The number of hydrogen-bond acceptors (Lipinski definition) is 13. The van der Waals surface area contributed by atoms with Crippen molar-refractivity contribution < 1.29 is 57.2 Å². The minimum atomic E-state index is -1.16. The zero-order valence-electron chi connectivity index (χ0n) is 43.7. The average molecular weight is 934 g/mol. The van der Waals surface area contributed by atoms with Crippen molar-refractivity contribution in [3.05, 3.63) is 34.5 Å². The molecule has 0 aliphatic rings. The summed E-state index contributed by atoms with van der Waals surface area (Å²) < 4.78 is 38.0. The highest BCUT2D eigenvalue weighted by atomic mass is 16.6. The first-order chi connectivity index (χ1) is 30.3. The largest absolute Gasteiger partial charge is 0.426 e. The normalized spacial score (nSPS) is 13.1. The van der Waals surface area contributed by atoms with E-state index in [1.54, 1.807) is 129 Å². The van der Waals surface area contributed by atoms with Crippen LogP contribution in [0.4, 0.5) is 0 Å². The van der Waals surface area contributed by atoms with Gasteiger partial charge in [0.15, 0.2) is 11.5 Å². The van der Waals surface area contributed by atoms with Crippen molar-refractivity contribution >= 4 is 46.7 Å². The molecule has 3 aromatic rings. The van der Waals surface area contributed by atoms with E-state index in [0.29, 0.717) is 6.42 Å². The van der Waals surface area contributed by atoms with Crippen LogP contribution in [-0.2, 0) is 35.3 Å². The van der Waals surface area contributed by atoms with Gasteiger partial charge in [-0.25, -0.2) is 0 Å². The van der Waals surface area contributed by atoms with Gasteiger partial charge >= 0.3 is 35.8 Å². The Morgan fingerprint density at radius 1 is 0.493 bits per heavy atom. The molecule has 67 heavy (non-hydrogen) atoms. The number of ether oxygens (including phenoxy) is 6. The Bertz CT molecular complexity index is 2400. The van der Waals surface area contributed by atoms with Gasteiger partial charge in [-0.3, -0.25) is 33.6 Å². The summed E-state index contributed by atoms with van der Waals surface area (Å²) in [5, 5.41) is -0.159. The number of hydrogen-bond donors (Lipinski definition) is 0. The van der Waals surface area contributed by atoms with Crippen LogP contribution in [0.5, 0.6) is 34.5 Å². The molecule has 0 N–H and O–H groups in total. The van der Waals surface area contributed by atoms with Crippen molar-refractivity contribution in [2.75, 3.05) is 0 Å². The zero-order valence-corrected chi connectivity index (χ0v) is 43.7. The van der Waals surface area contributed by atoms with E-state index in [1.807, 2.05) is 6.92 Å². The van der Waals surface area contributed by atoms with Gasteiger partial charge in [0.1, 0.15) is 11.5 Å². The van der Waals surface area contributed by atoms with Crippen molar-refractivity contribution in [3.63, 3.8) is 0 Å². The van der Waals surface area contributed by atoms with Crippen LogP contribution in [0, 0.1) is 38.4 Å². The minimum Gasteiger partial charge on any atom is -0.426 e. The highest BCUT2D eigenvalue weighted by molar-refractivity contribution is 5.96. The molecule has 0 amide bonds. The first-order valence-corrected chi connectivity index (χ1v) is 23.1. The number of nitrogens with zero attached hydrogens (tertiary/aromatic N) is 1. The lowest BCUT2D eigenvalue weighted by atomic mass is 9.95. The fraction of sp³-hybridized carbons (Fsp3) is 0.604. The molecular weight excluding hydrogens is 859 g/mol. The van der Waals surface area contributed by atoms with Crippen molar-refractivity contribution in [2.24, 2.45) is 38.4 Å². The second-order valence-electron chi connectivity index (χ2n) is 23.5. The number of carbonyl (C=O) groups is 6. The van der Waals surface area contributed by atoms with Gasteiger partial charge in [-0.1, -0.05) is 33.1 Å². The molecule has 1 unspecified atom stereocenters. The average Bonchev–Trinajstić information content (AvgIpc) is 3.16. The summed E-state index contributed by atoms with van der Waals surface area (Å²) in [6, 6.07) is 5.48. The predicted molar refractivity (Wildman–Crippen MR) is 257 cm³/mol. The smallest absolute Gasteiger partial charge is 0.316 e. The lowest BCUT2D eigenvalue weighted by Gasteiger charge is -2.28. The van der Waals surface area contributed by atoms with E-state index in [4.69, 9.17) is 28.4 Å². The molecule has 1 atom stereocenters. The van der Waals surface area contributed by atoms with Gasteiger partial charge in [0.25, 0.3) is 0 Å². The van der Waals surface area contributed by atoms with Crippen LogP contribution in [0.1, 0.15) is 164 Å². The standard InChI is InChI=1S/C53H75NO13/c1-21-23-24-30(22-2)29-54-33-27-32(62-42(56)48(3,4)5)28-34(63-43(57)49(6,7)8)37(33)39(55)41(67-47(61)53(18,19)20)38(54)31-25-35(64-44(58)50(9,10)11)40(66-46(60)52(15,16)17)36(26-31)65-45(59)51(12,13)14/h25-28,30H,21-24,29H2,1-20H3. The Morgan fingerprint density at radius 2 is 0.866 bits per heavy atom. The quantitative estimate of drug-likeness (QED) is 0.117. The molecule has 14 nitrogen and oxygen atoms in total. The van der Waals surface area contributed by atoms with E-state index in [1.165, 1.54) is 24.3 Å². The van der Waals surface area contributed by atoms with Crippen LogP contribution in [-0.4, -0.2) is 40.4 Å². The van der Waals surface area contributed by atoms with Crippen LogP contribution >= 0.6 is 0 Å². The fourth-order valence-electron chi connectivity index (χ4n) is 5.84. The summed E-state index contributed by atoms with van der Waals surface area (Å²) in [5.74, 6) is -6.31. The van der Waals surface area contributed by atoms with Crippen molar-refractivity contribution in [1.82, 2.24) is 4.57 Å². The molecule has 0 bridgehead atoms. The Labute approximate surface area is 396 Å². The first-order valence-electron chi connectivity index (χ1n) is 23.1. The van der Waals surface area contributed by atoms with E-state index in [-0.39, 0.29) is 63.4 Å². The number of pyridine rings is 1. The van der Waals surface area contributed by atoms with Crippen LogP contribution < -0.4 is 33.8 Å². The molecule has 1 heterocycles. The van der Waals surface area contributed by atoms with Gasteiger partial charge in [0.05, 0.1) is 49.1 Å². The Kier molecular flexibility index (Phi) is 17.0. The molecule has 0 fully saturated rings. The number of carbonyl (C=O) groups excluding carboxylic acids is 6. The zero-order chi connectivity index (χ0) is 51.6. The molecule has 0 aliphatic carbocycles. The van der Waals surface area contributed by atoms with Gasteiger partial charge in [-0.05, 0) is 149 Å². The van der Waals surface area contributed by atoms with Gasteiger partial charge in [0, 0.05) is 24.2 Å². The van der Waals surface area contributed by atoms with Gasteiger partial charge < -0.3 is 33.0 Å². The number of esters is 6. The third-order valence-corrected chi connectivity index (χ3v) is 10.4. The highest BCUT2D eigenvalue weighted by Gasteiger charge is 2.37. The maximum Gasteiger partial charge on any atom is 0.316 e. The molecule has 1 aromatic heterocycles. The number of rotatable bonds is 13. The summed E-state index contributed by atoms with van der Waals surface area (Å²) in [7, 11) is 0. The second-order valence-corrected chi connectivity index (χ2v) is 23.5. The lowest BCUT2D eigenvalue weighted by molar-refractivity contribution is -0.146. The molecular formula is C53H75NO13. The fourth-order valence-corrected chi connectivity index (χ4v) is 5.84. The molecule has 0 saturated carbocycles. The van der Waals surface area contributed by atoms with E-state index in [9.17, 15) is 28.8 Å². The molecule has 370 valence electrons. The topological polar surface area (TPSA) is 180 Å². The minimum absolute atomic E-state index is 0.0349. The van der Waals surface area contributed by atoms with E-state index >= 15 is 4.79 Å². The Hall–Kier alpha value is -5.53. The molecule has 0 radical (unpaired) electrons. The number of unbranched alkanes of at least 4 members (excludes halogenated alkanes) is 1. The van der Waals surface area contributed by atoms with Gasteiger partial charge in [-0.2, -0.15) is 0 Å². The first kappa shape index (κ1) is 55.8. The molecule has 0 spiro atoms. The van der Waals surface area contributed by atoms with Gasteiger partial charge in [0.2, 0.25) is 16.9 Å². The summed E-state index contributed by atoms with van der Waals surface area (Å²) in [6.07, 6.45) is 3.10. The number of aromatic nitrogens is 1. The number of benzene rings is 2. The van der Waals surface area contributed by atoms with Crippen LogP contribution in [0.25, 0.3) is 22.2 Å². The summed E-state index contributed by atoms with van der Waals surface area (Å²) in [5.41, 5.74) is -7.22. The predicted octanol–water partition coefficient (Wildman–Crippen LogP) is 11.6. The Morgan fingerprint density at radius 3 is 1.25 bits per heavy atom. The Balaban J connectivity index is 2.91. The van der Waals surface area contributed by atoms with E-state index in [0.717, 1.165) is 19.3 Å². The molecule has 0 saturated heterocycles. The monoisotopic (exact) mass is 934 g/mol. The molecule has 2 aromatic carbocycles. The summed E-state index contributed by atoms with van der Waals surface area (Å²) in [6.45, 7) is 33.7. The van der Waals surface area contributed by atoms with Crippen molar-refractivity contribution in [2.45, 2.75) is 171 Å². The SMILES string of the molecule is CCCCC(CC)Cn1c(-c2cc(OC(=O)C(C)(C)C)c(OC(=O)C(C)(C)C)c(OC(=O)C(C)(C)C)c2)c(OC(=O)C(C)(C)C)c(=O)c2c(OC(=O)C(C)(C)C)cc(OC(=O)C(C)(C)C)cc21. The molecule has 3 rings (SSSR count). The molecule has 0 aliphatic heterocycles. The van der Waals surface area contributed by atoms with E-state index < -0.39 is 79.5 Å². The highest BCUT2D eigenvalue weighted by Crippen LogP contribution is 2.47. The second kappa shape index (κ2) is 20.4. The van der Waals surface area contributed by atoms with Crippen LogP contribution in [0.15, 0.2) is 29.1 Å². The summed E-state index contributed by atoms with van der Waals surface area (Å²) >= 11 is 0. The third-order valence-electron chi connectivity index (χ3n) is 10.4. The number of fused-ring (bicyclic) bond motifs is 1. The van der Waals surface area contributed by atoms with Crippen LogP contribution in [0.2, 0.25) is 0 Å². The summed E-state index contributed by atoms with van der Waals surface area (Å²) in [4.78, 5) is 98.1.